The smallest absolute Gasteiger partial charge is 0.255 e. The lowest BCUT2D eigenvalue weighted by Crippen LogP contribution is -2.46. The van der Waals surface area contributed by atoms with E-state index in [1.54, 1.807) is 0 Å². The van der Waals surface area contributed by atoms with Crippen molar-refractivity contribution in [2.45, 2.75) is 50.7 Å². The fraction of sp³-hybridized carbons (Fsp3) is 1.00. The van der Waals surface area contributed by atoms with Crippen molar-refractivity contribution in [3.05, 3.63) is 0 Å². The molecule has 0 spiro atoms. The lowest BCUT2D eigenvalue weighted by molar-refractivity contribution is -0.417. The number of ether oxygens (including phenoxy) is 1. The van der Waals surface area contributed by atoms with E-state index in [9.17, 15) is 17.6 Å². The average Bonchev–Trinajstić information content (AvgIpc) is 1.68. The van der Waals surface area contributed by atoms with E-state index in [0.717, 1.165) is 0 Å². The fourth-order valence-corrected chi connectivity index (χ4v) is 1.84. The third-order valence-electron chi connectivity index (χ3n) is 3.43. The van der Waals surface area contributed by atoms with E-state index in [-0.39, 0.29) is 25.7 Å². The van der Waals surface area contributed by atoms with Gasteiger partial charge in [0.25, 0.3) is 0 Å². The van der Waals surface area contributed by atoms with Gasteiger partial charge in [0.1, 0.15) is 0 Å². The summed E-state index contributed by atoms with van der Waals surface area (Å²) >= 11 is 0. The minimum atomic E-state index is -3.66. The van der Waals surface area contributed by atoms with Gasteiger partial charge in [-0.15, -0.1) is 0 Å². The van der Waals surface area contributed by atoms with Crippen molar-refractivity contribution in [3.8, 4) is 0 Å². The van der Waals surface area contributed by atoms with E-state index in [1.807, 2.05) is 0 Å². The zero-order chi connectivity index (χ0) is 11.1. The summed E-state index contributed by atoms with van der Waals surface area (Å²) in [7, 11) is 0. The molecule has 0 unspecified atom stereocenters. The summed E-state index contributed by atoms with van der Waals surface area (Å²) in [6, 6.07) is 0. The number of halogens is 4. The molecule has 0 aromatic rings. The highest BCUT2D eigenvalue weighted by molar-refractivity contribution is 4.82. The number of alkyl halides is 4. The lowest BCUT2D eigenvalue weighted by atomic mass is 9.83. The van der Waals surface area contributed by atoms with Crippen molar-refractivity contribution in [2.24, 2.45) is 11.8 Å². The summed E-state index contributed by atoms with van der Waals surface area (Å²) in [4.78, 5) is 0. The third kappa shape index (κ3) is 2.12. The van der Waals surface area contributed by atoms with Gasteiger partial charge in [0.05, 0.1) is 11.8 Å². The van der Waals surface area contributed by atoms with Crippen LogP contribution >= 0.6 is 0 Å². The Morgan fingerprint density at radius 2 is 1.07 bits per heavy atom. The molecule has 0 bridgehead atoms. The summed E-state index contributed by atoms with van der Waals surface area (Å²) in [5.74, 6) is -2.02. The average molecular weight is 226 g/mol. The van der Waals surface area contributed by atoms with E-state index in [4.69, 9.17) is 0 Å². The van der Waals surface area contributed by atoms with E-state index in [0.29, 0.717) is 12.8 Å². The summed E-state index contributed by atoms with van der Waals surface area (Å²) in [6.07, 6.45) is -4.81. The standard InChI is InChI=1S/C10H14F4O/c11-9(12,7-3-1-4-7)15-10(13,14)8-5-2-6-8/h7-8H,1-6H2. The van der Waals surface area contributed by atoms with Crippen LogP contribution in [0, 0.1) is 11.8 Å². The van der Waals surface area contributed by atoms with Gasteiger partial charge in [0.15, 0.2) is 0 Å². The SMILES string of the molecule is FC(F)(OC(F)(F)C1CCC1)C1CCC1. The van der Waals surface area contributed by atoms with Gasteiger partial charge in [-0.1, -0.05) is 12.8 Å². The van der Waals surface area contributed by atoms with Crippen LogP contribution in [-0.4, -0.2) is 12.2 Å². The second-order valence-corrected chi connectivity index (χ2v) is 4.48. The highest BCUT2D eigenvalue weighted by Gasteiger charge is 2.55. The quantitative estimate of drug-likeness (QED) is 0.663. The van der Waals surface area contributed by atoms with Crippen LogP contribution in [0.2, 0.25) is 0 Å². The van der Waals surface area contributed by atoms with E-state index < -0.39 is 24.1 Å². The number of hydrogen-bond acceptors (Lipinski definition) is 1. The van der Waals surface area contributed by atoms with Crippen LogP contribution in [0.4, 0.5) is 17.6 Å². The summed E-state index contributed by atoms with van der Waals surface area (Å²) in [5.41, 5.74) is 0. The van der Waals surface area contributed by atoms with Gasteiger partial charge >= 0.3 is 12.2 Å². The van der Waals surface area contributed by atoms with Gasteiger partial charge in [0, 0.05) is 0 Å². The second-order valence-electron chi connectivity index (χ2n) is 4.48. The molecule has 0 amide bonds. The minimum Gasteiger partial charge on any atom is -0.255 e. The van der Waals surface area contributed by atoms with Gasteiger partial charge < -0.3 is 0 Å². The Balaban J connectivity index is 1.93. The molecule has 1 nitrogen and oxygen atoms in total. The Morgan fingerprint density at radius 1 is 0.733 bits per heavy atom. The molecule has 88 valence electrons. The van der Waals surface area contributed by atoms with Crippen LogP contribution in [0.5, 0.6) is 0 Å². The second kappa shape index (κ2) is 3.61. The topological polar surface area (TPSA) is 9.23 Å². The Kier molecular flexibility index (Phi) is 2.69. The van der Waals surface area contributed by atoms with Crippen LogP contribution in [0.15, 0.2) is 0 Å². The maximum atomic E-state index is 13.2. The number of hydrogen-bond donors (Lipinski definition) is 0. The zero-order valence-electron chi connectivity index (χ0n) is 8.32. The molecule has 0 aromatic carbocycles. The molecule has 0 saturated heterocycles. The van der Waals surface area contributed by atoms with Crippen LogP contribution < -0.4 is 0 Å². The van der Waals surface area contributed by atoms with Crippen LogP contribution in [0.3, 0.4) is 0 Å². The van der Waals surface area contributed by atoms with Crippen LogP contribution in [0.1, 0.15) is 38.5 Å². The molecule has 5 heteroatoms. The number of rotatable bonds is 4. The largest absolute Gasteiger partial charge is 0.362 e. The highest BCUT2D eigenvalue weighted by atomic mass is 19.3. The van der Waals surface area contributed by atoms with Gasteiger partial charge in [-0.2, -0.15) is 17.6 Å². The highest BCUT2D eigenvalue weighted by Crippen LogP contribution is 2.48. The van der Waals surface area contributed by atoms with Gasteiger partial charge in [-0.05, 0) is 25.7 Å². The van der Waals surface area contributed by atoms with Crippen molar-refractivity contribution >= 4 is 0 Å². The first-order chi connectivity index (χ1) is 6.92. The predicted molar refractivity (Wildman–Crippen MR) is 45.7 cm³/mol. The zero-order valence-corrected chi connectivity index (χ0v) is 8.32. The molecule has 0 heterocycles. The molecular formula is C10H14F4O. The molecule has 0 aliphatic heterocycles. The fourth-order valence-electron chi connectivity index (χ4n) is 1.84. The van der Waals surface area contributed by atoms with Crippen molar-refractivity contribution in [1.82, 2.24) is 0 Å². The molecule has 15 heavy (non-hydrogen) atoms. The normalized spacial score (nSPS) is 24.8. The Bertz CT molecular complexity index is 210. The van der Waals surface area contributed by atoms with Crippen LogP contribution in [0.25, 0.3) is 0 Å². The van der Waals surface area contributed by atoms with Crippen LogP contribution in [-0.2, 0) is 4.74 Å². The Morgan fingerprint density at radius 3 is 1.27 bits per heavy atom. The van der Waals surface area contributed by atoms with Crippen molar-refractivity contribution in [2.75, 3.05) is 0 Å². The first kappa shape index (κ1) is 11.2. The molecule has 2 rings (SSSR count). The van der Waals surface area contributed by atoms with E-state index >= 15 is 0 Å². The summed E-state index contributed by atoms with van der Waals surface area (Å²) < 4.78 is 56.5. The third-order valence-corrected chi connectivity index (χ3v) is 3.43. The molecule has 0 N–H and O–H groups in total. The predicted octanol–water partition coefficient (Wildman–Crippen LogP) is 3.79. The molecule has 0 atom stereocenters. The molecular weight excluding hydrogens is 212 g/mol. The first-order valence-electron chi connectivity index (χ1n) is 5.37. The maximum absolute atomic E-state index is 13.2. The van der Waals surface area contributed by atoms with E-state index in [2.05, 4.69) is 4.74 Å². The first-order valence-corrected chi connectivity index (χ1v) is 5.37. The minimum absolute atomic E-state index is 0.285. The lowest BCUT2D eigenvalue weighted by Gasteiger charge is -2.39. The van der Waals surface area contributed by atoms with Crippen molar-refractivity contribution in [1.29, 1.82) is 0 Å². The van der Waals surface area contributed by atoms with Gasteiger partial charge in [-0.3, -0.25) is 4.74 Å². The maximum Gasteiger partial charge on any atom is 0.362 e. The molecule has 0 radical (unpaired) electrons. The Hall–Kier alpha value is -0.320. The molecule has 2 saturated carbocycles. The molecule has 2 aliphatic carbocycles. The Labute approximate surface area is 85.8 Å². The summed E-state index contributed by atoms with van der Waals surface area (Å²) in [6.45, 7) is 0. The van der Waals surface area contributed by atoms with E-state index in [1.165, 1.54) is 0 Å². The van der Waals surface area contributed by atoms with Gasteiger partial charge in [-0.25, -0.2) is 0 Å². The monoisotopic (exact) mass is 226 g/mol. The van der Waals surface area contributed by atoms with Crippen molar-refractivity contribution in [3.63, 3.8) is 0 Å². The molecule has 2 aliphatic rings. The van der Waals surface area contributed by atoms with Gasteiger partial charge in [0.2, 0.25) is 0 Å². The molecule has 0 aromatic heterocycles. The van der Waals surface area contributed by atoms with Crippen molar-refractivity contribution < 1.29 is 22.3 Å². The molecule has 2 fully saturated rings. The summed E-state index contributed by atoms with van der Waals surface area (Å²) in [5, 5.41) is 0.